The predicted octanol–water partition coefficient (Wildman–Crippen LogP) is 3.50. The van der Waals surface area contributed by atoms with Crippen molar-refractivity contribution in [3.8, 4) is 0 Å². The maximum absolute atomic E-state index is 5.81. The summed E-state index contributed by atoms with van der Waals surface area (Å²) in [6, 6.07) is 7.37. The van der Waals surface area contributed by atoms with E-state index in [1.54, 1.807) is 0 Å². The highest BCUT2D eigenvalue weighted by Crippen LogP contribution is 2.25. The normalized spacial score (nSPS) is 19.3. The number of anilines is 1. The summed E-state index contributed by atoms with van der Waals surface area (Å²) in [6.07, 6.45) is 2.81. The second kappa shape index (κ2) is 7.81. The van der Waals surface area contributed by atoms with Crippen LogP contribution in [0.2, 0.25) is 0 Å². The lowest BCUT2D eigenvalue weighted by molar-refractivity contribution is 0.0526. The van der Waals surface area contributed by atoms with Crippen LogP contribution < -0.4 is 10.2 Å². The van der Waals surface area contributed by atoms with Gasteiger partial charge in [0.15, 0.2) is 0 Å². The van der Waals surface area contributed by atoms with Gasteiger partial charge in [0, 0.05) is 38.0 Å². The average molecular weight is 290 g/mol. The van der Waals surface area contributed by atoms with Gasteiger partial charge in [-0.15, -0.1) is 0 Å². The fraction of sp³-hybridized carbons (Fsp3) is 0.667. The first-order valence-corrected chi connectivity index (χ1v) is 8.29. The molecule has 21 heavy (non-hydrogen) atoms. The van der Waals surface area contributed by atoms with Crippen molar-refractivity contribution in [1.29, 1.82) is 0 Å². The van der Waals surface area contributed by atoms with Gasteiger partial charge in [-0.25, -0.2) is 0 Å². The summed E-state index contributed by atoms with van der Waals surface area (Å²) in [5.41, 5.74) is 4.10. The standard InChI is InChI=1S/C18H30N2O/c1-5-21-17-7-6-10-20(13-17)18-9-8-16(11-15(18)4)12-19-14(2)3/h8-9,11,14,17,19H,5-7,10,12-13H2,1-4H3. The Morgan fingerprint density at radius 1 is 1.38 bits per heavy atom. The molecule has 3 nitrogen and oxygen atoms in total. The zero-order valence-electron chi connectivity index (χ0n) is 14.0. The number of hydrogen-bond acceptors (Lipinski definition) is 3. The monoisotopic (exact) mass is 290 g/mol. The molecular weight excluding hydrogens is 260 g/mol. The molecule has 0 saturated carbocycles. The fourth-order valence-corrected chi connectivity index (χ4v) is 3.03. The van der Waals surface area contributed by atoms with Gasteiger partial charge in [-0.05, 0) is 43.9 Å². The van der Waals surface area contributed by atoms with E-state index in [2.05, 4.69) is 56.1 Å². The first-order valence-electron chi connectivity index (χ1n) is 8.29. The molecule has 0 aliphatic carbocycles. The van der Waals surface area contributed by atoms with Crippen molar-refractivity contribution < 1.29 is 4.74 Å². The average Bonchev–Trinajstić information content (AvgIpc) is 2.46. The summed E-state index contributed by atoms with van der Waals surface area (Å²) in [5, 5.41) is 3.48. The summed E-state index contributed by atoms with van der Waals surface area (Å²) in [4.78, 5) is 2.48. The molecule has 0 bridgehead atoms. The van der Waals surface area contributed by atoms with Crippen LogP contribution in [0, 0.1) is 6.92 Å². The summed E-state index contributed by atoms with van der Waals surface area (Å²) >= 11 is 0. The molecule has 1 atom stereocenters. The quantitative estimate of drug-likeness (QED) is 0.868. The third-order valence-corrected chi connectivity index (χ3v) is 4.10. The smallest absolute Gasteiger partial charge is 0.0750 e. The number of nitrogens with zero attached hydrogens (tertiary/aromatic N) is 1. The molecule has 1 N–H and O–H groups in total. The van der Waals surface area contributed by atoms with Crippen molar-refractivity contribution in [3.05, 3.63) is 29.3 Å². The number of benzene rings is 1. The van der Waals surface area contributed by atoms with Crippen LogP contribution in [0.3, 0.4) is 0 Å². The van der Waals surface area contributed by atoms with Gasteiger partial charge >= 0.3 is 0 Å². The number of ether oxygens (including phenoxy) is 1. The summed E-state index contributed by atoms with van der Waals surface area (Å²) in [7, 11) is 0. The van der Waals surface area contributed by atoms with E-state index in [1.165, 1.54) is 29.7 Å². The van der Waals surface area contributed by atoms with Crippen LogP contribution in [0.25, 0.3) is 0 Å². The van der Waals surface area contributed by atoms with Crippen molar-refractivity contribution in [1.82, 2.24) is 5.32 Å². The third-order valence-electron chi connectivity index (χ3n) is 4.10. The van der Waals surface area contributed by atoms with E-state index >= 15 is 0 Å². The van der Waals surface area contributed by atoms with E-state index in [9.17, 15) is 0 Å². The van der Waals surface area contributed by atoms with Crippen LogP contribution in [0.1, 0.15) is 44.7 Å². The van der Waals surface area contributed by atoms with Gasteiger partial charge in [-0.2, -0.15) is 0 Å². The zero-order chi connectivity index (χ0) is 15.2. The minimum absolute atomic E-state index is 0.394. The van der Waals surface area contributed by atoms with Crippen molar-refractivity contribution in [3.63, 3.8) is 0 Å². The van der Waals surface area contributed by atoms with Gasteiger partial charge in [0.1, 0.15) is 0 Å². The second-order valence-corrected chi connectivity index (χ2v) is 6.32. The highest BCUT2D eigenvalue weighted by atomic mass is 16.5. The maximum Gasteiger partial charge on any atom is 0.0750 e. The topological polar surface area (TPSA) is 24.5 Å². The highest BCUT2D eigenvalue weighted by molar-refractivity contribution is 5.55. The van der Waals surface area contributed by atoms with E-state index in [0.717, 1.165) is 26.2 Å². The molecule has 1 heterocycles. The van der Waals surface area contributed by atoms with Crippen LogP contribution in [-0.4, -0.2) is 31.8 Å². The van der Waals surface area contributed by atoms with E-state index in [0.29, 0.717) is 12.1 Å². The van der Waals surface area contributed by atoms with Gasteiger partial charge in [0.2, 0.25) is 0 Å². The Kier molecular flexibility index (Phi) is 6.07. The van der Waals surface area contributed by atoms with Gasteiger partial charge < -0.3 is 15.0 Å². The molecule has 2 rings (SSSR count). The van der Waals surface area contributed by atoms with Crippen molar-refractivity contribution in [2.75, 3.05) is 24.6 Å². The molecule has 1 aliphatic rings. The number of piperidine rings is 1. The maximum atomic E-state index is 5.81. The van der Waals surface area contributed by atoms with Crippen LogP contribution in [0.4, 0.5) is 5.69 Å². The van der Waals surface area contributed by atoms with Crippen molar-refractivity contribution >= 4 is 5.69 Å². The molecule has 1 saturated heterocycles. The summed E-state index contributed by atoms with van der Waals surface area (Å²) in [6.45, 7) is 12.6. The molecule has 0 amide bonds. The minimum Gasteiger partial charge on any atom is -0.377 e. The number of aryl methyl sites for hydroxylation is 1. The largest absolute Gasteiger partial charge is 0.377 e. The van der Waals surface area contributed by atoms with E-state index in [4.69, 9.17) is 4.74 Å². The van der Waals surface area contributed by atoms with Gasteiger partial charge in [0.05, 0.1) is 6.10 Å². The van der Waals surface area contributed by atoms with Crippen LogP contribution >= 0.6 is 0 Å². The van der Waals surface area contributed by atoms with Crippen LogP contribution in [0.15, 0.2) is 18.2 Å². The third kappa shape index (κ3) is 4.72. The molecule has 1 fully saturated rings. The number of nitrogens with one attached hydrogen (secondary N) is 1. The number of rotatable bonds is 6. The van der Waals surface area contributed by atoms with E-state index in [-0.39, 0.29) is 0 Å². The molecule has 0 radical (unpaired) electrons. The Hall–Kier alpha value is -1.06. The molecule has 3 heteroatoms. The highest BCUT2D eigenvalue weighted by Gasteiger charge is 2.21. The molecular formula is C18H30N2O. The predicted molar refractivity (Wildman–Crippen MR) is 90.0 cm³/mol. The van der Waals surface area contributed by atoms with Gasteiger partial charge in [-0.3, -0.25) is 0 Å². The lowest BCUT2D eigenvalue weighted by Crippen LogP contribution is -2.40. The Morgan fingerprint density at radius 2 is 2.19 bits per heavy atom. The second-order valence-electron chi connectivity index (χ2n) is 6.32. The fourth-order valence-electron chi connectivity index (χ4n) is 3.03. The molecule has 1 unspecified atom stereocenters. The first-order chi connectivity index (χ1) is 10.1. The van der Waals surface area contributed by atoms with Crippen LogP contribution in [-0.2, 0) is 11.3 Å². The lowest BCUT2D eigenvalue weighted by atomic mass is 10.0. The number of hydrogen-bond donors (Lipinski definition) is 1. The molecule has 0 aromatic heterocycles. The zero-order valence-corrected chi connectivity index (χ0v) is 14.0. The molecule has 1 aromatic rings. The Morgan fingerprint density at radius 3 is 2.86 bits per heavy atom. The Balaban J connectivity index is 2.02. The lowest BCUT2D eigenvalue weighted by Gasteiger charge is -2.35. The summed E-state index contributed by atoms with van der Waals surface area (Å²) in [5.74, 6) is 0. The van der Waals surface area contributed by atoms with Crippen molar-refractivity contribution in [2.24, 2.45) is 0 Å². The van der Waals surface area contributed by atoms with Gasteiger partial charge in [-0.1, -0.05) is 26.0 Å². The molecule has 1 aliphatic heterocycles. The van der Waals surface area contributed by atoms with Crippen molar-refractivity contribution in [2.45, 2.75) is 59.2 Å². The molecule has 0 spiro atoms. The Labute approximate surface area is 129 Å². The van der Waals surface area contributed by atoms with E-state index < -0.39 is 0 Å². The molecule has 1 aromatic carbocycles. The Bertz CT molecular complexity index is 443. The molecule has 118 valence electrons. The van der Waals surface area contributed by atoms with Crippen LogP contribution in [0.5, 0.6) is 0 Å². The first kappa shape index (κ1) is 16.3. The summed E-state index contributed by atoms with van der Waals surface area (Å²) < 4.78 is 5.81. The van der Waals surface area contributed by atoms with E-state index in [1.807, 2.05) is 0 Å². The van der Waals surface area contributed by atoms with Gasteiger partial charge in [0.25, 0.3) is 0 Å². The SMILES string of the molecule is CCOC1CCCN(c2ccc(CNC(C)C)cc2C)C1. The minimum atomic E-state index is 0.394.